The van der Waals surface area contributed by atoms with E-state index in [1.165, 1.54) is 12.1 Å². The van der Waals surface area contributed by atoms with Crippen molar-refractivity contribution in [2.24, 2.45) is 0 Å². The Hall–Kier alpha value is -0.740. The van der Waals surface area contributed by atoms with Crippen molar-refractivity contribution in [1.29, 1.82) is 0 Å². The van der Waals surface area contributed by atoms with Crippen molar-refractivity contribution in [3.63, 3.8) is 0 Å². The number of ketones is 1. The van der Waals surface area contributed by atoms with Gasteiger partial charge in [0.05, 0.1) is 6.04 Å². The number of benzene rings is 1. The van der Waals surface area contributed by atoms with E-state index in [-0.39, 0.29) is 17.6 Å². The molecule has 0 amide bonds. The van der Waals surface area contributed by atoms with Crippen LogP contribution >= 0.6 is 15.9 Å². The molecule has 1 fully saturated rings. The van der Waals surface area contributed by atoms with Crippen molar-refractivity contribution < 1.29 is 9.18 Å². The summed E-state index contributed by atoms with van der Waals surface area (Å²) in [5, 5.41) is 3.17. The molecule has 0 aliphatic carbocycles. The molecule has 0 radical (unpaired) electrons. The number of Topliss-reactive ketones (excluding diaryl/α,β-unsaturated/α-hetero) is 1. The van der Waals surface area contributed by atoms with E-state index in [2.05, 4.69) is 21.2 Å². The molecule has 0 bridgehead atoms. The number of hydrogen-bond acceptors (Lipinski definition) is 2. The van der Waals surface area contributed by atoms with Gasteiger partial charge in [0.1, 0.15) is 5.82 Å². The van der Waals surface area contributed by atoms with Gasteiger partial charge >= 0.3 is 0 Å². The fourth-order valence-corrected chi connectivity index (χ4v) is 2.43. The number of halogens is 2. The van der Waals surface area contributed by atoms with E-state index in [0.29, 0.717) is 10.9 Å². The topological polar surface area (TPSA) is 29.1 Å². The standard InChI is InChI=1S/C12H13BrFNO/c13-10-7-9(14)4-3-8(10)6-12(16)11-2-1-5-15-11/h3-4,7,11,15H,1-2,5-6H2. The van der Waals surface area contributed by atoms with Crippen LogP contribution in [0.25, 0.3) is 0 Å². The van der Waals surface area contributed by atoms with Gasteiger partial charge in [0.25, 0.3) is 0 Å². The third kappa shape index (κ3) is 2.68. The lowest BCUT2D eigenvalue weighted by Gasteiger charge is -2.09. The van der Waals surface area contributed by atoms with E-state index in [4.69, 9.17) is 0 Å². The van der Waals surface area contributed by atoms with Crippen LogP contribution in [0.2, 0.25) is 0 Å². The summed E-state index contributed by atoms with van der Waals surface area (Å²) in [6, 6.07) is 4.42. The Morgan fingerprint density at radius 2 is 2.38 bits per heavy atom. The summed E-state index contributed by atoms with van der Waals surface area (Å²) in [5.41, 5.74) is 0.847. The number of hydrogen-bond donors (Lipinski definition) is 1. The van der Waals surface area contributed by atoms with Crippen LogP contribution in [-0.4, -0.2) is 18.4 Å². The number of rotatable bonds is 3. The average molecular weight is 286 g/mol. The van der Waals surface area contributed by atoms with Crippen molar-refractivity contribution in [2.45, 2.75) is 25.3 Å². The first-order valence-electron chi connectivity index (χ1n) is 5.37. The van der Waals surface area contributed by atoms with Gasteiger partial charge in [-0.15, -0.1) is 0 Å². The lowest BCUT2D eigenvalue weighted by Crippen LogP contribution is -2.31. The molecular weight excluding hydrogens is 273 g/mol. The largest absolute Gasteiger partial charge is 0.307 e. The van der Waals surface area contributed by atoms with Gasteiger partial charge in [-0.2, -0.15) is 0 Å². The van der Waals surface area contributed by atoms with Crippen LogP contribution in [0.1, 0.15) is 18.4 Å². The van der Waals surface area contributed by atoms with E-state index in [1.807, 2.05) is 0 Å². The zero-order chi connectivity index (χ0) is 11.5. The highest BCUT2D eigenvalue weighted by molar-refractivity contribution is 9.10. The maximum absolute atomic E-state index is 12.9. The average Bonchev–Trinajstić information content (AvgIpc) is 2.75. The normalized spacial score (nSPS) is 20.0. The Morgan fingerprint density at radius 3 is 3.00 bits per heavy atom. The van der Waals surface area contributed by atoms with Crippen LogP contribution in [-0.2, 0) is 11.2 Å². The summed E-state index contributed by atoms with van der Waals surface area (Å²) in [7, 11) is 0. The Kier molecular flexibility index (Phi) is 3.71. The van der Waals surface area contributed by atoms with Gasteiger partial charge in [-0.3, -0.25) is 4.79 Å². The van der Waals surface area contributed by atoms with E-state index in [9.17, 15) is 9.18 Å². The minimum atomic E-state index is -0.290. The lowest BCUT2D eigenvalue weighted by atomic mass is 10.0. The molecule has 1 aliphatic heterocycles. The summed E-state index contributed by atoms with van der Waals surface area (Å²) in [4.78, 5) is 11.9. The Bertz CT molecular complexity index is 402. The molecule has 1 atom stereocenters. The second-order valence-electron chi connectivity index (χ2n) is 4.03. The van der Waals surface area contributed by atoms with Crippen molar-refractivity contribution in [3.8, 4) is 0 Å². The lowest BCUT2D eigenvalue weighted by molar-refractivity contribution is -0.120. The third-order valence-electron chi connectivity index (χ3n) is 2.83. The highest BCUT2D eigenvalue weighted by Crippen LogP contribution is 2.20. The molecule has 2 nitrogen and oxygen atoms in total. The maximum atomic E-state index is 12.9. The Labute approximate surface area is 102 Å². The van der Waals surface area contributed by atoms with Crippen molar-refractivity contribution >= 4 is 21.7 Å². The monoisotopic (exact) mass is 285 g/mol. The van der Waals surface area contributed by atoms with Crippen molar-refractivity contribution in [2.75, 3.05) is 6.54 Å². The van der Waals surface area contributed by atoms with Crippen molar-refractivity contribution in [3.05, 3.63) is 34.1 Å². The quantitative estimate of drug-likeness (QED) is 0.924. The van der Waals surface area contributed by atoms with Gasteiger partial charge in [0.15, 0.2) is 5.78 Å². The summed E-state index contributed by atoms with van der Waals surface area (Å²) < 4.78 is 13.5. The van der Waals surface area contributed by atoms with Gasteiger partial charge < -0.3 is 5.32 Å². The molecule has 1 unspecified atom stereocenters. The predicted molar refractivity (Wildman–Crippen MR) is 63.8 cm³/mol. The predicted octanol–water partition coefficient (Wildman–Crippen LogP) is 2.45. The highest BCUT2D eigenvalue weighted by atomic mass is 79.9. The van der Waals surface area contributed by atoms with Crippen molar-refractivity contribution in [1.82, 2.24) is 5.32 Å². The molecular formula is C12H13BrFNO. The zero-order valence-electron chi connectivity index (χ0n) is 8.80. The molecule has 0 spiro atoms. The molecule has 1 aromatic rings. The van der Waals surface area contributed by atoms with E-state index >= 15 is 0 Å². The van der Waals surface area contributed by atoms with Crippen LogP contribution in [0.4, 0.5) is 4.39 Å². The first-order valence-corrected chi connectivity index (χ1v) is 6.16. The van der Waals surface area contributed by atoms with Gasteiger partial charge in [0, 0.05) is 10.9 Å². The second-order valence-corrected chi connectivity index (χ2v) is 4.88. The van der Waals surface area contributed by atoms with E-state index < -0.39 is 0 Å². The van der Waals surface area contributed by atoms with Crippen LogP contribution in [0.15, 0.2) is 22.7 Å². The molecule has 0 aromatic heterocycles. The molecule has 1 aromatic carbocycles. The van der Waals surface area contributed by atoms with Crippen LogP contribution in [0.3, 0.4) is 0 Å². The molecule has 4 heteroatoms. The minimum absolute atomic E-state index is 0.0167. The summed E-state index contributed by atoms with van der Waals surface area (Å²) in [6.07, 6.45) is 2.33. The van der Waals surface area contributed by atoms with Crippen LogP contribution in [0.5, 0.6) is 0 Å². The van der Waals surface area contributed by atoms with Gasteiger partial charge in [0.2, 0.25) is 0 Å². The van der Waals surface area contributed by atoms with Crippen LogP contribution in [0, 0.1) is 5.82 Å². The molecule has 1 saturated heterocycles. The number of carbonyl (C=O) groups excluding carboxylic acids is 1. The molecule has 1 N–H and O–H groups in total. The second kappa shape index (κ2) is 5.06. The molecule has 0 saturated carbocycles. The smallest absolute Gasteiger partial charge is 0.154 e. The summed E-state index contributed by atoms with van der Waals surface area (Å²) in [6.45, 7) is 0.918. The van der Waals surface area contributed by atoms with Gasteiger partial charge in [-0.25, -0.2) is 4.39 Å². The minimum Gasteiger partial charge on any atom is -0.307 e. The first-order chi connectivity index (χ1) is 7.66. The number of carbonyl (C=O) groups is 1. The number of nitrogens with one attached hydrogen (secondary N) is 1. The van der Waals surface area contributed by atoms with Gasteiger partial charge in [-0.1, -0.05) is 22.0 Å². The molecule has 1 aliphatic rings. The first kappa shape index (κ1) is 11.7. The molecule has 2 rings (SSSR count). The Morgan fingerprint density at radius 1 is 1.56 bits per heavy atom. The summed E-state index contributed by atoms with van der Waals surface area (Å²) in [5.74, 6) is -0.105. The van der Waals surface area contributed by atoms with Crippen LogP contribution < -0.4 is 5.32 Å². The maximum Gasteiger partial charge on any atom is 0.154 e. The summed E-state index contributed by atoms with van der Waals surface area (Å²) >= 11 is 3.27. The fraction of sp³-hybridized carbons (Fsp3) is 0.417. The highest BCUT2D eigenvalue weighted by Gasteiger charge is 2.22. The third-order valence-corrected chi connectivity index (χ3v) is 3.57. The zero-order valence-corrected chi connectivity index (χ0v) is 10.4. The molecule has 1 heterocycles. The van der Waals surface area contributed by atoms with Gasteiger partial charge in [-0.05, 0) is 37.1 Å². The SMILES string of the molecule is O=C(Cc1ccc(F)cc1Br)C1CCCN1. The van der Waals surface area contributed by atoms with E-state index in [0.717, 1.165) is 24.9 Å². The fourth-order valence-electron chi connectivity index (χ4n) is 1.94. The molecule has 86 valence electrons. The van der Waals surface area contributed by atoms with E-state index in [1.54, 1.807) is 6.07 Å². The Balaban J connectivity index is 2.05. The molecule has 16 heavy (non-hydrogen) atoms.